The van der Waals surface area contributed by atoms with E-state index in [0.717, 1.165) is 12.1 Å². The predicted molar refractivity (Wildman–Crippen MR) is 60.9 cm³/mol. The normalized spacial score (nSPS) is 12.8. The molecule has 17 heavy (non-hydrogen) atoms. The summed E-state index contributed by atoms with van der Waals surface area (Å²) in [6.07, 6.45) is -0.620. The number of hydrogen-bond donors (Lipinski definition) is 0. The summed E-state index contributed by atoms with van der Waals surface area (Å²) in [6.45, 7) is 5.88. The summed E-state index contributed by atoms with van der Waals surface area (Å²) in [4.78, 5) is 12.0. The van der Waals surface area contributed by atoms with Crippen LogP contribution in [0.2, 0.25) is 0 Å². The van der Waals surface area contributed by atoms with Crippen molar-refractivity contribution in [3.05, 3.63) is 35.4 Å². The number of carbonyl (C=O) groups is 1. The number of ether oxygens (including phenoxy) is 1. The number of hydrogen-bond acceptors (Lipinski definition) is 2. The molecule has 4 heteroatoms. The van der Waals surface area contributed by atoms with Crippen LogP contribution < -0.4 is 0 Å². The molecule has 0 aliphatic carbocycles. The maximum atomic E-state index is 13.0. The summed E-state index contributed by atoms with van der Waals surface area (Å²) >= 11 is 0. The number of ketones is 1. The van der Waals surface area contributed by atoms with E-state index in [1.807, 2.05) is 13.8 Å². The standard InChI is InChI=1S/C13H16F2O2/c1-4-17-13(8(2)3)12(16)9-5-6-10(14)11(15)7-9/h5-8,13H,4H2,1-3H3. The highest BCUT2D eigenvalue weighted by atomic mass is 19.2. The first-order chi connectivity index (χ1) is 7.97. The molecule has 0 saturated heterocycles. The summed E-state index contributed by atoms with van der Waals surface area (Å²) in [7, 11) is 0. The zero-order valence-corrected chi connectivity index (χ0v) is 10.2. The highest BCUT2D eigenvalue weighted by Crippen LogP contribution is 2.16. The Morgan fingerprint density at radius 1 is 1.29 bits per heavy atom. The fraction of sp³-hybridized carbons (Fsp3) is 0.462. The van der Waals surface area contributed by atoms with Crippen molar-refractivity contribution < 1.29 is 18.3 Å². The second kappa shape index (κ2) is 5.87. The smallest absolute Gasteiger partial charge is 0.191 e. The SMILES string of the molecule is CCOC(C(=O)c1ccc(F)c(F)c1)C(C)C. The van der Waals surface area contributed by atoms with Crippen molar-refractivity contribution in [1.82, 2.24) is 0 Å². The molecule has 0 spiro atoms. The molecule has 1 rings (SSSR count). The number of halogens is 2. The van der Waals surface area contributed by atoms with Gasteiger partial charge in [0, 0.05) is 12.2 Å². The zero-order chi connectivity index (χ0) is 13.0. The molecule has 0 saturated carbocycles. The third-order valence-electron chi connectivity index (χ3n) is 2.41. The van der Waals surface area contributed by atoms with Crippen molar-refractivity contribution in [2.24, 2.45) is 5.92 Å². The van der Waals surface area contributed by atoms with Crippen molar-refractivity contribution in [2.75, 3.05) is 6.61 Å². The maximum absolute atomic E-state index is 13.0. The second-order valence-corrected chi connectivity index (χ2v) is 4.11. The van der Waals surface area contributed by atoms with Crippen LogP contribution in [-0.4, -0.2) is 18.5 Å². The van der Waals surface area contributed by atoms with Crippen LogP contribution >= 0.6 is 0 Å². The molecule has 0 aliphatic rings. The number of Topliss-reactive ketones (excluding diaryl/α,β-unsaturated/α-hetero) is 1. The van der Waals surface area contributed by atoms with Crippen LogP contribution in [0.15, 0.2) is 18.2 Å². The molecule has 0 N–H and O–H groups in total. The molecular formula is C13H16F2O2. The van der Waals surface area contributed by atoms with Crippen molar-refractivity contribution in [3.8, 4) is 0 Å². The molecule has 1 aromatic rings. The molecule has 0 fully saturated rings. The molecule has 1 unspecified atom stereocenters. The fourth-order valence-electron chi connectivity index (χ4n) is 1.56. The van der Waals surface area contributed by atoms with Gasteiger partial charge in [-0.2, -0.15) is 0 Å². The van der Waals surface area contributed by atoms with E-state index < -0.39 is 17.7 Å². The minimum Gasteiger partial charge on any atom is -0.370 e. The van der Waals surface area contributed by atoms with Gasteiger partial charge in [0.05, 0.1) is 0 Å². The lowest BCUT2D eigenvalue weighted by Gasteiger charge is -2.19. The Balaban J connectivity index is 2.97. The number of benzene rings is 1. The molecule has 0 bridgehead atoms. The highest BCUT2D eigenvalue weighted by Gasteiger charge is 2.24. The third-order valence-corrected chi connectivity index (χ3v) is 2.41. The lowest BCUT2D eigenvalue weighted by molar-refractivity contribution is 0.0279. The first-order valence-electron chi connectivity index (χ1n) is 5.58. The van der Waals surface area contributed by atoms with E-state index in [1.165, 1.54) is 6.07 Å². The van der Waals surface area contributed by atoms with Crippen LogP contribution in [0.25, 0.3) is 0 Å². The Bertz CT molecular complexity index is 402. The molecule has 0 heterocycles. The van der Waals surface area contributed by atoms with Gasteiger partial charge in [-0.1, -0.05) is 13.8 Å². The van der Waals surface area contributed by atoms with E-state index in [4.69, 9.17) is 4.74 Å². The lowest BCUT2D eigenvalue weighted by Crippen LogP contribution is -2.30. The van der Waals surface area contributed by atoms with Crippen molar-refractivity contribution in [2.45, 2.75) is 26.9 Å². The largest absolute Gasteiger partial charge is 0.370 e. The summed E-state index contributed by atoms with van der Waals surface area (Å²) in [6, 6.07) is 3.13. The van der Waals surface area contributed by atoms with E-state index >= 15 is 0 Å². The van der Waals surface area contributed by atoms with E-state index in [9.17, 15) is 13.6 Å². The fourth-order valence-corrected chi connectivity index (χ4v) is 1.56. The predicted octanol–water partition coefficient (Wildman–Crippen LogP) is 3.21. The van der Waals surface area contributed by atoms with Crippen molar-refractivity contribution >= 4 is 5.78 Å². The molecular weight excluding hydrogens is 226 g/mol. The van der Waals surface area contributed by atoms with E-state index in [1.54, 1.807) is 6.92 Å². The van der Waals surface area contributed by atoms with Crippen LogP contribution in [0.3, 0.4) is 0 Å². The molecule has 94 valence electrons. The Kier molecular flexibility index (Phi) is 4.75. The van der Waals surface area contributed by atoms with Crippen LogP contribution in [0.5, 0.6) is 0 Å². The van der Waals surface area contributed by atoms with E-state index in [0.29, 0.717) is 6.61 Å². The molecule has 0 amide bonds. The topological polar surface area (TPSA) is 26.3 Å². The van der Waals surface area contributed by atoms with Gasteiger partial charge in [-0.05, 0) is 31.0 Å². The lowest BCUT2D eigenvalue weighted by atomic mass is 9.97. The third kappa shape index (κ3) is 3.33. The number of rotatable bonds is 5. The van der Waals surface area contributed by atoms with Crippen LogP contribution in [-0.2, 0) is 4.74 Å². The van der Waals surface area contributed by atoms with Gasteiger partial charge in [-0.3, -0.25) is 4.79 Å². The van der Waals surface area contributed by atoms with Crippen LogP contribution in [0, 0.1) is 17.6 Å². The molecule has 0 aromatic heterocycles. The molecule has 0 aliphatic heterocycles. The average Bonchev–Trinajstić information content (AvgIpc) is 2.28. The summed E-state index contributed by atoms with van der Waals surface area (Å²) < 4.78 is 31.1. The highest BCUT2D eigenvalue weighted by molar-refractivity contribution is 5.99. The van der Waals surface area contributed by atoms with Crippen molar-refractivity contribution in [3.63, 3.8) is 0 Å². The Hall–Kier alpha value is -1.29. The monoisotopic (exact) mass is 242 g/mol. The van der Waals surface area contributed by atoms with Gasteiger partial charge in [0.15, 0.2) is 17.4 Å². The summed E-state index contributed by atoms with van der Waals surface area (Å²) in [5, 5.41) is 0. The molecule has 1 atom stereocenters. The molecule has 0 radical (unpaired) electrons. The van der Waals surface area contributed by atoms with Crippen molar-refractivity contribution in [1.29, 1.82) is 0 Å². The second-order valence-electron chi connectivity index (χ2n) is 4.11. The van der Waals surface area contributed by atoms with Gasteiger partial charge in [0.2, 0.25) is 0 Å². The quantitative estimate of drug-likeness (QED) is 0.741. The van der Waals surface area contributed by atoms with Gasteiger partial charge in [0.1, 0.15) is 6.10 Å². The Morgan fingerprint density at radius 3 is 2.41 bits per heavy atom. The minimum atomic E-state index is -1.02. The molecule has 1 aromatic carbocycles. The van der Waals surface area contributed by atoms with Gasteiger partial charge >= 0.3 is 0 Å². The van der Waals surface area contributed by atoms with Gasteiger partial charge in [0.25, 0.3) is 0 Å². The zero-order valence-electron chi connectivity index (χ0n) is 10.2. The number of carbonyl (C=O) groups excluding carboxylic acids is 1. The van der Waals surface area contributed by atoms with Crippen LogP contribution in [0.4, 0.5) is 8.78 Å². The summed E-state index contributed by atoms with van der Waals surface area (Å²) in [5.41, 5.74) is 0.135. The average molecular weight is 242 g/mol. The Labute approximate surface area is 99.6 Å². The van der Waals surface area contributed by atoms with Gasteiger partial charge in [-0.15, -0.1) is 0 Å². The maximum Gasteiger partial charge on any atom is 0.191 e. The Morgan fingerprint density at radius 2 is 1.94 bits per heavy atom. The summed E-state index contributed by atoms with van der Waals surface area (Å²) in [5.74, 6) is -2.31. The van der Waals surface area contributed by atoms with Gasteiger partial charge in [-0.25, -0.2) is 8.78 Å². The first kappa shape index (κ1) is 13.8. The van der Waals surface area contributed by atoms with Crippen LogP contribution in [0.1, 0.15) is 31.1 Å². The minimum absolute atomic E-state index is 0.0180. The van der Waals surface area contributed by atoms with Gasteiger partial charge < -0.3 is 4.74 Å². The van der Waals surface area contributed by atoms with E-state index in [-0.39, 0.29) is 17.3 Å². The van der Waals surface area contributed by atoms with E-state index in [2.05, 4.69) is 0 Å². The molecule has 2 nitrogen and oxygen atoms in total. The first-order valence-corrected chi connectivity index (χ1v) is 5.58.